The third-order valence-electron chi connectivity index (χ3n) is 2.88. The van der Waals surface area contributed by atoms with Crippen molar-refractivity contribution in [3.63, 3.8) is 0 Å². The third-order valence-corrected chi connectivity index (χ3v) is 3.79. The Morgan fingerprint density at radius 2 is 2.00 bits per heavy atom. The fourth-order valence-electron chi connectivity index (χ4n) is 2.26. The van der Waals surface area contributed by atoms with Crippen LogP contribution in [0.15, 0.2) is 0 Å². The number of thioether (sulfide) groups is 1. The topological polar surface area (TPSA) is 29.5 Å². The highest BCUT2D eigenvalue weighted by molar-refractivity contribution is 7.99. The molecular formula is C12H23NO2S. The van der Waals surface area contributed by atoms with E-state index in [9.17, 15) is 4.79 Å². The number of ether oxygens (including phenoxy) is 1. The van der Waals surface area contributed by atoms with E-state index in [4.69, 9.17) is 4.74 Å². The third kappa shape index (κ3) is 4.74. The summed E-state index contributed by atoms with van der Waals surface area (Å²) in [7, 11) is 1.69. The van der Waals surface area contributed by atoms with Gasteiger partial charge in [0.25, 0.3) is 0 Å². The minimum absolute atomic E-state index is 0.291. The van der Waals surface area contributed by atoms with Gasteiger partial charge in [0.05, 0.1) is 12.4 Å². The van der Waals surface area contributed by atoms with E-state index in [0.717, 1.165) is 25.4 Å². The zero-order chi connectivity index (χ0) is 12.0. The van der Waals surface area contributed by atoms with Crippen molar-refractivity contribution in [3.05, 3.63) is 0 Å². The van der Waals surface area contributed by atoms with E-state index in [1.54, 1.807) is 18.9 Å². The molecule has 3 nitrogen and oxygen atoms in total. The zero-order valence-electron chi connectivity index (χ0n) is 10.6. The van der Waals surface area contributed by atoms with Gasteiger partial charge in [0, 0.05) is 26.0 Å². The average Bonchev–Trinajstić information content (AvgIpc) is 2.22. The van der Waals surface area contributed by atoms with E-state index in [1.165, 1.54) is 6.42 Å². The Labute approximate surface area is 103 Å². The molecular weight excluding hydrogens is 222 g/mol. The van der Waals surface area contributed by atoms with Crippen LogP contribution in [-0.4, -0.2) is 49.1 Å². The summed E-state index contributed by atoms with van der Waals surface area (Å²) in [5.41, 5.74) is 0. The molecule has 1 fully saturated rings. The molecule has 0 aromatic heterocycles. The molecule has 0 bridgehead atoms. The summed E-state index contributed by atoms with van der Waals surface area (Å²) in [6, 6.07) is 0. The van der Waals surface area contributed by atoms with Crippen LogP contribution in [-0.2, 0) is 9.53 Å². The molecule has 0 unspecified atom stereocenters. The zero-order valence-corrected chi connectivity index (χ0v) is 11.4. The normalized spacial score (nSPS) is 25.8. The summed E-state index contributed by atoms with van der Waals surface area (Å²) in [4.78, 5) is 13.9. The Morgan fingerprint density at radius 3 is 2.56 bits per heavy atom. The standard InChI is InChI=1S/C12H23NO2S/c1-10-6-11(2)8-13(7-10)12(14)9-16-5-4-15-3/h10-11H,4-9H2,1-3H3/t10-,11+. The number of likely N-dealkylation sites (tertiary alicyclic amines) is 1. The van der Waals surface area contributed by atoms with Gasteiger partial charge in [-0.1, -0.05) is 13.8 Å². The van der Waals surface area contributed by atoms with Crippen LogP contribution in [0.3, 0.4) is 0 Å². The van der Waals surface area contributed by atoms with E-state index < -0.39 is 0 Å². The molecule has 0 saturated carbocycles. The summed E-state index contributed by atoms with van der Waals surface area (Å²) in [5, 5.41) is 0. The monoisotopic (exact) mass is 245 g/mol. The van der Waals surface area contributed by atoms with E-state index in [1.807, 2.05) is 4.90 Å². The summed E-state index contributed by atoms with van der Waals surface area (Å²) in [5.74, 6) is 3.09. The molecule has 16 heavy (non-hydrogen) atoms. The maximum atomic E-state index is 11.9. The van der Waals surface area contributed by atoms with Crippen LogP contribution in [0.25, 0.3) is 0 Å². The van der Waals surface area contributed by atoms with Crippen molar-refractivity contribution in [1.29, 1.82) is 0 Å². The lowest BCUT2D eigenvalue weighted by atomic mass is 9.92. The van der Waals surface area contributed by atoms with Gasteiger partial charge >= 0.3 is 0 Å². The maximum absolute atomic E-state index is 11.9. The molecule has 0 radical (unpaired) electrons. The second-order valence-corrected chi connectivity index (χ2v) is 5.90. The van der Waals surface area contributed by atoms with E-state index in [-0.39, 0.29) is 0 Å². The second-order valence-electron chi connectivity index (χ2n) is 4.79. The van der Waals surface area contributed by atoms with Gasteiger partial charge in [-0.25, -0.2) is 0 Å². The predicted molar refractivity (Wildman–Crippen MR) is 68.7 cm³/mol. The molecule has 2 atom stereocenters. The Bertz CT molecular complexity index is 213. The van der Waals surface area contributed by atoms with Crippen molar-refractivity contribution in [2.45, 2.75) is 20.3 Å². The molecule has 1 aliphatic rings. The number of methoxy groups -OCH3 is 1. The van der Waals surface area contributed by atoms with Crippen molar-refractivity contribution < 1.29 is 9.53 Å². The highest BCUT2D eigenvalue weighted by Crippen LogP contribution is 2.21. The molecule has 1 rings (SSSR count). The molecule has 1 amide bonds. The number of rotatable bonds is 5. The second kappa shape index (κ2) is 7.17. The fourth-order valence-corrected chi connectivity index (χ4v) is 3.05. The van der Waals surface area contributed by atoms with Gasteiger partial charge in [0.15, 0.2) is 0 Å². The molecule has 1 saturated heterocycles. The number of hydrogen-bond donors (Lipinski definition) is 0. The SMILES string of the molecule is COCCSCC(=O)N1C[C@H](C)C[C@H](C)C1. The summed E-state index contributed by atoms with van der Waals surface area (Å²) in [6.45, 7) is 7.06. The van der Waals surface area contributed by atoms with Crippen molar-refractivity contribution in [3.8, 4) is 0 Å². The average molecular weight is 245 g/mol. The fraction of sp³-hybridized carbons (Fsp3) is 0.917. The van der Waals surface area contributed by atoms with Crippen LogP contribution in [0, 0.1) is 11.8 Å². The number of carbonyl (C=O) groups is 1. The van der Waals surface area contributed by atoms with Crippen molar-refractivity contribution in [2.75, 3.05) is 38.3 Å². The Balaban J connectivity index is 2.24. The van der Waals surface area contributed by atoms with Gasteiger partial charge in [-0.15, -0.1) is 11.8 Å². The highest BCUT2D eigenvalue weighted by atomic mass is 32.2. The van der Waals surface area contributed by atoms with Crippen LogP contribution < -0.4 is 0 Å². The van der Waals surface area contributed by atoms with E-state index in [0.29, 0.717) is 23.5 Å². The molecule has 94 valence electrons. The van der Waals surface area contributed by atoms with Crippen LogP contribution in [0.1, 0.15) is 20.3 Å². The molecule has 0 aliphatic carbocycles. The van der Waals surface area contributed by atoms with Gasteiger partial charge < -0.3 is 9.64 Å². The van der Waals surface area contributed by atoms with Gasteiger partial charge in [0.2, 0.25) is 5.91 Å². The van der Waals surface area contributed by atoms with Gasteiger partial charge in [0.1, 0.15) is 0 Å². The van der Waals surface area contributed by atoms with Crippen LogP contribution in [0.2, 0.25) is 0 Å². The van der Waals surface area contributed by atoms with Crippen molar-refractivity contribution in [2.24, 2.45) is 11.8 Å². The van der Waals surface area contributed by atoms with E-state index >= 15 is 0 Å². The number of amides is 1. The first-order valence-corrected chi connectivity index (χ1v) is 7.13. The first kappa shape index (κ1) is 13.8. The molecule has 1 heterocycles. The molecule has 4 heteroatoms. The molecule has 0 spiro atoms. The number of hydrogen-bond acceptors (Lipinski definition) is 3. The quantitative estimate of drug-likeness (QED) is 0.693. The number of nitrogens with zero attached hydrogens (tertiary/aromatic N) is 1. The molecule has 0 aromatic carbocycles. The van der Waals surface area contributed by atoms with Crippen LogP contribution >= 0.6 is 11.8 Å². The van der Waals surface area contributed by atoms with Crippen LogP contribution in [0.4, 0.5) is 0 Å². The first-order chi connectivity index (χ1) is 7.63. The molecule has 0 aromatic rings. The number of carbonyl (C=O) groups excluding carboxylic acids is 1. The lowest BCUT2D eigenvalue weighted by Gasteiger charge is -2.35. The smallest absolute Gasteiger partial charge is 0.232 e. The first-order valence-electron chi connectivity index (χ1n) is 5.98. The minimum atomic E-state index is 0.291. The Kier molecular flexibility index (Phi) is 6.21. The summed E-state index contributed by atoms with van der Waals surface area (Å²) < 4.78 is 4.96. The molecule has 0 N–H and O–H groups in total. The van der Waals surface area contributed by atoms with Crippen molar-refractivity contribution in [1.82, 2.24) is 4.90 Å². The van der Waals surface area contributed by atoms with E-state index in [2.05, 4.69) is 13.8 Å². The lowest BCUT2D eigenvalue weighted by Crippen LogP contribution is -2.43. The minimum Gasteiger partial charge on any atom is -0.384 e. The van der Waals surface area contributed by atoms with Crippen LogP contribution in [0.5, 0.6) is 0 Å². The molecule has 1 aliphatic heterocycles. The van der Waals surface area contributed by atoms with Gasteiger partial charge in [-0.2, -0.15) is 0 Å². The summed E-state index contributed by atoms with van der Waals surface area (Å²) in [6.07, 6.45) is 1.25. The Hall–Kier alpha value is -0.220. The largest absolute Gasteiger partial charge is 0.384 e. The number of piperidine rings is 1. The van der Waals surface area contributed by atoms with Gasteiger partial charge in [-0.3, -0.25) is 4.79 Å². The predicted octanol–water partition coefficient (Wildman–Crippen LogP) is 1.87. The van der Waals surface area contributed by atoms with Gasteiger partial charge in [-0.05, 0) is 18.3 Å². The Morgan fingerprint density at radius 1 is 1.38 bits per heavy atom. The van der Waals surface area contributed by atoms with Crippen molar-refractivity contribution >= 4 is 17.7 Å². The summed E-state index contributed by atoms with van der Waals surface area (Å²) >= 11 is 1.67. The maximum Gasteiger partial charge on any atom is 0.232 e. The lowest BCUT2D eigenvalue weighted by molar-refractivity contribution is -0.130. The highest BCUT2D eigenvalue weighted by Gasteiger charge is 2.24.